The van der Waals surface area contributed by atoms with Crippen molar-refractivity contribution in [3.63, 3.8) is 0 Å². The van der Waals surface area contributed by atoms with E-state index < -0.39 is 6.10 Å². The minimum atomic E-state index is -0.660. The zero-order valence-electron chi connectivity index (χ0n) is 11.5. The molecule has 0 fully saturated rings. The van der Waals surface area contributed by atoms with Crippen LogP contribution in [0.25, 0.3) is 10.9 Å². The average Bonchev–Trinajstić information content (AvgIpc) is 2.42. The number of aliphatic hydroxyl groups is 1. The first kappa shape index (κ1) is 15.0. The monoisotopic (exact) mass is 295 g/mol. The second kappa shape index (κ2) is 6.88. The maximum absolute atomic E-state index is 9.73. The van der Waals surface area contributed by atoms with Gasteiger partial charge >= 0.3 is 0 Å². The van der Waals surface area contributed by atoms with Crippen LogP contribution in [0.4, 0.5) is 0 Å². The third-order valence-corrected chi connectivity index (χ3v) is 2.92. The third-order valence-electron chi connectivity index (χ3n) is 2.68. The van der Waals surface area contributed by atoms with Crippen molar-refractivity contribution in [1.82, 2.24) is 4.98 Å². The van der Waals surface area contributed by atoms with E-state index >= 15 is 0 Å². The Balaban J connectivity index is 1.96. The Morgan fingerprint density at radius 1 is 1.25 bits per heavy atom. The molecule has 0 aliphatic heterocycles. The minimum absolute atomic E-state index is 0.0918. The average molecular weight is 296 g/mol. The molecule has 1 aromatic carbocycles. The molecule has 1 aromatic heterocycles. The number of rotatable bonds is 6. The molecule has 1 atom stereocenters. The standard InChI is InChI=1S/C15H18ClNO3/c1-10(2)19-8-13(18)9-20-14-6-11-5-12(16)3-4-15(11)17-7-14/h3-7,10,13,18H,8-9H2,1-2H3. The van der Waals surface area contributed by atoms with E-state index in [4.69, 9.17) is 21.1 Å². The normalized spacial score (nSPS) is 12.8. The first-order chi connectivity index (χ1) is 9.54. The van der Waals surface area contributed by atoms with Crippen LogP contribution >= 0.6 is 11.6 Å². The highest BCUT2D eigenvalue weighted by molar-refractivity contribution is 6.31. The summed E-state index contributed by atoms with van der Waals surface area (Å²) >= 11 is 5.94. The summed E-state index contributed by atoms with van der Waals surface area (Å²) in [6.45, 7) is 4.26. The molecule has 0 saturated heterocycles. The fraction of sp³-hybridized carbons (Fsp3) is 0.400. The van der Waals surface area contributed by atoms with E-state index in [-0.39, 0.29) is 19.3 Å². The summed E-state index contributed by atoms with van der Waals surface area (Å²) in [6, 6.07) is 7.33. The van der Waals surface area contributed by atoms with E-state index in [1.165, 1.54) is 0 Å². The molecule has 2 aromatic rings. The first-order valence-corrected chi connectivity index (χ1v) is 6.90. The Morgan fingerprint density at radius 2 is 2.05 bits per heavy atom. The van der Waals surface area contributed by atoms with Gasteiger partial charge in [0.1, 0.15) is 18.5 Å². The second-order valence-electron chi connectivity index (χ2n) is 4.85. The van der Waals surface area contributed by atoms with Crippen LogP contribution in [0, 0.1) is 0 Å². The molecule has 20 heavy (non-hydrogen) atoms. The summed E-state index contributed by atoms with van der Waals surface area (Å²) in [5, 5.41) is 11.3. The molecule has 1 heterocycles. The number of aliphatic hydroxyl groups excluding tert-OH is 1. The Bertz CT molecular complexity index is 574. The lowest BCUT2D eigenvalue weighted by atomic mass is 10.2. The molecule has 0 amide bonds. The van der Waals surface area contributed by atoms with Crippen LogP contribution in [-0.2, 0) is 4.74 Å². The maximum Gasteiger partial charge on any atom is 0.138 e. The summed E-state index contributed by atoms with van der Waals surface area (Å²) in [5.74, 6) is 0.600. The number of pyridine rings is 1. The van der Waals surface area contributed by atoms with Gasteiger partial charge in [-0.1, -0.05) is 11.6 Å². The topological polar surface area (TPSA) is 51.6 Å². The fourth-order valence-corrected chi connectivity index (χ4v) is 1.89. The molecular weight excluding hydrogens is 278 g/mol. The lowest BCUT2D eigenvalue weighted by Crippen LogP contribution is -2.25. The van der Waals surface area contributed by atoms with Crippen LogP contribution in [0.5, 0.6) is 5.75 Å². The smallest absolute Gasteiger partial charge is 0.138 e. The van der Waals surface area contributed by atoms with Crippen molar-refractivity contribution in [1.29, 1.82) is 0 Å². The Kier molecular flexibility index (Phi) is 5.17. The van der Waals surface area contributed by atoms with E-state index in [1.54, 1.807) is 12.3 Å². The van der Waals surface area contributed by atoms with Crippen molar-refractivity contribution in [3.8, 4) is 5.75 Å². The van der Waals surface area contributed by atoms with Gasteiger partial charge in [-0.25, -0.2) is 0 Å². The first-order valence-electron chi connectivity index (χ1n) is 6.52. The Morgan fingerprint density at radius 3 is 2.80 bits per heavy atom. The van der Waals surface area contributed by atoms with E-state index in [2.05, 4.69) is 4.98 Å². The zero-order valence-corrected chi connectivity index (χ0v) is 12.3. The van der Waals surface area contributed by atoms with Gasteiger partial charge < -0.3 is 14.6 Å². The van der Waals surface area contributed by atoms with Gasteiger partial charge in [-0.15, -0.1) is 0 Å². The number of hydrogen-bond donors (Lipinski definition) is 1. The molecule has 0 radical (unpaired) electrons. The molecule has 0 bridgehead atoms. The summed E-state index contributed by atoms with van der Waals surface area (Å²) in [7, 11) is 0. The van der Waals surface area contributed by atoms with Crippen LogP contribution in [0.15, 0.2) is 30.5 Å². The molecule has 1 unspecified atom stereocenters. The predicted octanol–water partition coefficient (Wildman–Crippen LogP) is 3.05. The highest BCUT2D eigenvalue weighted by atomic mass is 35.5. The van der Waals surface area contributed by atoms with Crippen molar-refractivity contribution >= 4 is 22.5 Å². The van der Waals surface area contributed by atoms with Crippen molar-refractivity contribution < 1.29 is 14.6 Å². The summed E-state index contributed by atoms with van der Waals surface area (Å²) in [6.07, 6.45) is 1.06. The van der Waals surface area contributed by atoms with Gasteiger partial charge in [-0.05, 0) is 38.1 Å². The van der Waals surface area contributed by atoms with Crippen molar-refractivity contribution in [3.05, 3.63) is 35.5 Å². The van der Waals surface area contributed by atoms with E-state index in [1.807, 2.05) is 32.0 Å². The Hall–Kier alpha value is -1.36. The van der Waals surface area contributed by atoms with Gasteiger partial charge in [-0.2, -0.15) is 0 Å². The van der Waals surface area contributed by atoms with Gasteiger partial charge in [0, 0.05) is 10.4 Å². The number of aromatic nitrogens is 1. The van der Waals surface area contributed by atoms with E-state index in [0.29, 0.717) is 10.8 Å². The van der Waals surface area contributed by atoms with Gasteiger partial charge in [-0.3, -0.25) is 4.98 Å². The number of halogens is 1. The fourth-order valence-electron chi connectivity index (χ4n) is 1.71. The molecule has 0 aliphatic rings. The molecule has 108 valence electrons. The number of fused-ring (bicyclic) bond motifs is 1. The predicted molar refractivity (Wildman–Crippen MR) is 79.3 cm³/mol. The highest BCUT2D eigenvalue weighted by Crippen LogP contribution is 2.21. The lowest BCUT2D eigenvalue weighted by Gasteiger charge is -2.14. The van der Waals surface area contributed by atoms with Crippen LogP contribution < -0.4 is 4.74 Å². The van der Waals surface area contributed by atoms with Crippen LogP contribution in [0.2, 0.25) is 5.02 Å². The van der Waals surface area contributed by atoms with Crippen LogP contribution in [-0.4, -0.2) is 35.5 Å². The highest BCUT2D eigenvalue weighted by Gasteiger charge is 2.07. The molecule has 0 spiro atoms. The van der Waals surface area contributed by atoms with Crippen molar-refractivity contribution in [2.45, 2.75) is 26.1 Å². The van der Waals surface area contributed by atoms with Gasteiger partial charge in [0.2, 0.25) is 0 Å². The summed E-state index contributed by atoms with van der Waals surface area (Å²) < 4.78 is 10.8. The molecule has 5 heteroatoms. The molecule has 1 N–H and O–H groups in total. The van der Waals surface area contributed by atoms with Crippen LogP contribution in [0.3, 0.4) is 0 Å². The van der Waals surface area contributed by atoms with Gasteiger partial charge in [0.15, 0.2) is 0 Å². The van der Waals surface area contributed by atoms with Gasteiger partial charge in [0.25, 0.3) is 0 Å². The minimum Gasteiger partial charge on any atom is -0.489 e. The van der Waals surface area contributed by atoms with E-state index in [0.717, 1.165) is 10.9 Å². The number of hydrogen-bond acceptors (Lipinski definition) is 4. The molecule has 0 saturated carbocycles. The SMILES string of the molecule is CC(C)OCC(O)COc1cnc2ccc(Cl)cc2c1. The third kappa shape index (κ3) is 4.34. The Labute approximate surface area is 123 Å². The summed E-state index contributed by atoms with van der Waals surface area (Å²) in [5.41, 5.74) is 0.852. The number of nitrogens with zero attached hydrogens (tertiary/aromatic N) is 1. The van der Waals surface area contributed by atoms with Gasteiger partial charge in [0.05, 0.1) is 24.4 Å². The number of ether oxygens (including phenoxy) is 2. The van der Waals surface area contributed by atoms with E-state index in [9.17, 15) is 5.11 Å². The van der Waals surface area contributed by atoms with Crippen molar-refractivity contribution in [2.75, 3.05) is 13.2 Å². The number of benzene rings is 1. The maximum atomic E-state index is 9.73. The summed E-state index contributed by atoms with van der Waals surface area (Å²) in [4.78, 5) is 4.28. The molecule has 0 aliphatic carbocycles. The lowest BCUT2D eigenvalue weighted by molar-refractivity contribution is -0.0123. The largest absolute Gasteiger partial charge is 0.489 e. The van der Waals surface area contributed by atoms with Crippen LogP contribution in [0.1, 0.15) is 13.8 Å². The molecular formula is C15H18ClNO3. The molecule has 4 nitrogen and oxygen atoms in total. The van der Waals surface area contributed by atoms with Crippen molar-refractivity contribution in [2.24, 2.45) is 0 Å². The zero-order chi connectivity index (χ0) is 14.5. The quantitative estimate of drug-likeness (QED) is 0.890. The molecule has 2 rings (SSSR count). The second-order valence-corrected chi connectivity index (χ2v) is 5.29.